The Kier molecular flexibility index (Phi) is 5.00. The van der Waals surface area contributed by atoms with Gasteiger partial charge in [-0.3, -0.25) is 0 Å². The molecule has 0 N–H and O–H groups in total. The van der Waals surface area contributed by atoms with E-state index in [1.807, 2.05) is 0 Å². The molecule has 0 amide bonds. The molecule has 9 aromatic carbocycles. The molecule has 0 spiro atoms. The van der Waals surface area contributed by atoms with Gasteiger partial charge in [0.2, 0.25) is 0 Å². The maximum Gasteiger partial charge on any atom is -0.00141 e. The molecule has 0 nitrogen and oxygen atoms in total. The summed E-state index contributed by atoms with van der Waals surface area (Å²) in [5.74, 6) is 0. The average molecular weight is 531 g/mol. The zero-order valence-electron chi connectivity index (χ0n) is 23.0. The molecule has 0 aliphatic rings. The summed E-state index contributed by atoms with van der Waals surface area (Å²) < 4.78 is 0. The van der Waals surface area contributed by atoms with Gasteiger partial charge in [0.1, 0.15) is 0 Å². The molecule has 0 aliphatic carbocycles. The van der Waals surface area contributed by atoms with Crippen LogP contribution < -0.4 is 0 Å². The fourth-order valence-electron chi connectivity index (χ4n) is 7.06. The largest absolute Gasteiger partial charge is 0.0616 e. The van der Waals surface area contributed by atoms with Gasteiger partial charge < -0.3 is 0 Å². The molecule has 0 saturated carbocycles. The molecule has 42 heavy (non-hydrogen) atoms. The Balaban J connectivity index is 1.47. The first-order chi connectivity index (χ1) is 20.8. The van der Waals surface area contributed by atoms with E-state index in [9.17, 15) is 0 Å². The second-order valence-corrected chi connectivity index (χ2v) is 11.3. The summed E-state index contributed by atoms with van der Waals surface area (Å²) in [6.45, 7) is 0. The van der Waals surface area contributed by atoms with E-state index in [1.54, 1.807) is 0 Å². The smallest absolute Gasteiger partial charge is 0.00141 e. The van der Waals surface area contributed by atoms with Crippen LogP contribution >= 0.6 is 0 Å². The van der Waals surface area contributed by atoms with Crippen molar-refractivity contribution in [3.05, 3.63) is 158 Å². The molecule has 0 bridgehead atoms. The van der Waals surface area contributed by atoms with E-state index in [1.165, 1.54) is 86.9 Å². The molecule has 0 aliphatic heterocycles. The van der Waals surface area contributed by atoms with Gasteiger partial charge in [-0.25, -0.2) is 0 Å². The van der Waals surface area contributed by atoms with Gasteiger partial charge in [0.05, 0.1) is 0 Å². The van der Waals surface area contributed by atoms with Crippen molar-refractivity contribution >= 4 is 64.6 Å². The van der Waals surface area contributed by atoms with Gasteiger partial charge in [-0.2, -0.15) is 0 Å². The summed E-state index contributed by atoms with van der Waals surface area (Å²) >= 11 is 0. The predicted molar refractivity (Wildman–Crippen MR) is 182 cm³/mol. The van der Waals surface area contributed by atoms with E-state index in [2.05, 4.69) is 158 Å². The molecule has 0 heterocycles. The highest BCUT2D eigenvalue weighted by molar-refractivity contribution is 6.28. The van der Waals surface area contributed by atoms with E-state index in [0.717, 1.165) is 0 Å². The predicted octanol–water partition coefficient (Wildman–Crippen LogP) is 11.9. The van der Waals surface area contributed by atoms with Crippen LogP contribution in [-0.2, 0) is 0 Å². The first-order valence-electron chi connectivity index (χ1n) is 14.6. The highest BCUT2D eigenvalue weighted by atomic mass is 14.2. The average Bonchev–Trinajstić information content (AvgIpc) is 3.06. The third kappa shape index (κ3) is 3.42. The van der Waals surface area contributed by atoms with Crippen LogP contribution in [0, 0.1) is 0 Å². The highest BCUT2D eigenvalue weighted by Gasteiger charge is 2.19. The Hall–Kier alpha value is -5.46. The second kappa shape index (κ2) is 9.03. The van der Waals surface area contributed by atoms with Crippen molar-refractivity contribution in [2.45, 2.75) is 0 Å². The van der Waals surface area contributed by atoms with Gasteiger partial charge in [0, 0.05) is 0 Å². The summed E-state index contributed by atoms with van der Waals surface area (Å²) in [5, 5.41) is 15.4. The van der Waals surface area contributed by atoms with Crippen LogP contribution in [-0.4, -0.2) is 0 Å². The molecule has 0 unspecified atom stereocenters. The van der Waals surface area contributed by atoms with Gasteiger partial charge in [-0.1, -0.05) is 146 Å². The van der Waals surface area contributed by atoms with E-state index in [4.69, 9.17) is 0 Å². The Bertz CT molecular complexity index is 2510. The fourth-order valence-corrected chi connectivity index (χ4v) is 7.06. The van der Waals surface area contributed by atoms with Gasteiger partial charge in [-0.05, 0) is 99.0 Å². The van der Waals surface area contributed by atoms with Crippen LogP contribution in [0.5, 0.6) is 0 Å². The molecule has 0 fully saturated rings. The SMILES string of the molecule is c1ccc2cc(-c3c4ccccc4c(-c4ccc5ccc6ccccc6c5c4)c4ccc5ccccc5c34)ccc2c1. The van der Waals surface area contributed by atoms with Crippen LogP contribution in [0.1, 0.15) is 0 Å². The van der Waals surface area contributed by atoms with Crippen LogP contribution in [0.15, 0.2) is 158 Å². The van der Waals surface area contributed by atoms with Crippen LogP contribution in [0.4, 0.5) is 0 Å². The molecule has 0 saturated heterocycles. The zero-order valence-corrected chi connectivity index (χ0v) is 23.0. The summed E-state index contributed by atoms with van der Waals surface area (Å²) in [4.78, 5) is 0. The van der Waals surface area contributed by atoms with Gasteiger partial charge in [0.25, 0.3) is 0 Å². The van der Waals surface area contributed by atoms with E-state index >= 15 is 0 Å². The minimum absolute atomic E-state index is 1.25. The monoisotopic (exact) mass is 530 g/mol. The van der Waals surface area contributed by atoms with E-state index in [-0.39, 0.29) is 0 Å². The molecule has 9 aromatic rings. The van der Waals surface area contributed by atoms with Crippen LogP contribution in [0.25, 0.3) is 86.9 Å². The lowest BCUT2D eigenvalue weighted by atomic mass is 9.83. The zero-order chi connectivity index (χ0) is 27.6. The van der Waals surface area contributed by atoms with Crippen molar-refractivity contribution in [1.82, 2.24) is 0 Å². The molecule has 194 valence electrons. The molecular formula is C42H26. The Morgan fingerprint density at radius 1 is 0.238 bits per heavy atom. The standard InChI is InChI=1S/C42H26/c1-2-12-31-25-32(21-17-27(31)9-1)41-37-16-8-7-15-36(37)40(38-24-23-29-11-4-6-14-35(29)42(38)41)33-22-20-30-19-18-28-10-3-5-13-34(28)39(30)26-33/h1-26H. The third-order valence-electron chi connectivity index (χ3n) is 8.99. The topological polar surface area (TPSA) is 0 Å². The number of hydrogen-bond donors (Lipinski definition) is 0. The lowest BCUT2D eigenvalue weighted by Crippen LogP contribution is -1.92. The molecule has 0 heteroatoms. The summed E-state index contributed by atoms with van der Waals surface area (Å²) in [7, 11) is 0. The molecule has 0 atom stereocenters. The Labute approximate surface area is 244 Å². The number of benzene rings is 9. The van der Waals surface area contributed by atoms with Crippen molar-refractivity contribution in [2.24, 2.45) is 0 Å². The first kappa shape index (κ1) is 23.3. The molecule has 0 aromatic heterocycles. The lowest BCUT2D eigenvalue weighted by molar-refractivity contribution is 1.69. The summed E-state index contributed by atoms with van der Waals surface area (Å²) in [6.07, 6.45) is 0. The second-order valence-electron chi connectivity index (χ2n) is 11.3. The molecule has 9 rings (SSSR count). The lowest BCUT2D eigenvalue weighted by Gasteiger charge is -2.20. The fraction of sp³-hybridized carbons (Fsp3) is 0. The van der Waals surface area contributed by atoms with Crippen molar-refractivity contribution in [2.75, 3.05) is 0 Å². The summed E-state index contributed by atoms with van der Waals surface area (Å²) in [5.41, 5.74) is 5.10. The number of hydrogen-bond acceptors (Lipinski definition) is 0. The Morgan fingerprint density at radius 3 is 1.48 bits per heavy atom. The molecule has 0 radical (unpaired) electrons. The van der Waals surface area contributed by atoms with Crippen LogP contribution in [0.3, 0.4) is 0 Å². The van der Waals surface area contributed by atoms with E-state index < -0.39 is 0 Å². The third-order valence-corrected chi connectivity index (χ3v) is 8.99. The van der Waals surface area contributed by atoms with Gasteiger partial charge >= 0.3 is 0 Å². The van der Waals surface area contributed by atoms with E-state index in [0.29, 0.717) is 0 Å². The van der Waals surface area contributed by atoms with Gasteiger partial charge in [-0.15, -0.1) is 0 Å². The maximum absolute atomic E-state index is 2.41. The van der Waals surface area contributed by atoms with Crippen molar-refractivity contribution in [3.8, 4) is 22.3 Å². The first-order valence-corrected chi connectivity index (χ1v) is 14.6. The maximum atomic E-state index is 2.41. The highest BCUT2D eigenvalue weighted by Crippen LogP contribution is 2.47. The van der Waals surface area contributed by atoms with Crippen molar-refractivity contribution in [3.63, 3.8) is 0 Å². The quantitative estimate of drug-likeness (QED) is 0.154. The number of fused-ring (bicyclic) bond motifs is 8. The minimum Gasteiger partial charge on any atom is -0.0616 e. The summed E-state index contributed by atoms with van der Waals surface area (Å²) in [6, 6.07) is 58.2. The normalized spacial score (nSPS) is 11.8. The van der Waals surface area contributed by atoms with Crippen molar-refractivity contribution in [1.29, 1.82) is 0 Å². The number of rotatable bonds is 2. The Morgan fingerprint density at radius 2 is 0.714 bits per heavy atom. The minimum atomic E-state index is 1.25. The van der Waals surface area contributed by atoms with Crippen molar-refractivity contribution < 1.29 is 0 Å². The van der Waals surface area contributed by atoms with Gasteiger partial charge in [0.15, 0.2) is 0 Å². The van der Waals surface area contributed by atoms with Crippen LogP contribution in [0.2, 0.25) is 0 Å². The molecular weight excluding hydrogens is 504 g/mol.